The second-order valence-electron chi connectivity index (χ2n) is 5.24. The summed E-state index contributed by atoms with van der Waals surface area (Å²) in [4.78, 5) is 4.12. The van der Waals surface area contributed by atoms with Crippen molar-refractivity contribution >= 4 is 5.96 Å². The maximum Gasteiger partial charge on any atom is 0.573 e. The number of halogens is 3. The van der Waals surface area contributed by atoms with Crippen molar-refractivity contribution in [2.75, 3.05) is 13.6 Å². The molecule has 136 valence electrons. The third-order valence-electron chi connectivity index (χ3n) is 3.45. The summed E-state index contributed by atoms with van der Waals surface area (Å²) in [6, 6.07) is 7.73. The maximum absolute atomic E-state index is 12.1. The molecule has 1 aromatic carbocycles. The molecule has 0 saturated carbocycles. The van der Waals surface area contributed by atoms with Gasteiger partial charge in [0.15, 0.2) is 5.96 Å². The second-order valence-corrected chi connectivity index (χ2v) is 5.24. The fourth-order valence-electron chi connectivity index (χ4n) is 2.15. The van der Waals surface area contributed by atoms with Crippen LogP contribution in [0.2, 0.25) is 0 Å². The largest absolute Gasteiger partial charge is 0.573 e. The number of ether oxygens (including phenoxy) is 1. The predicted octanol–water partition coefficient (Wildman–Crippen LogP) is 2.23. The molecule has 2 N–H and O–H groups in total. The minimum Gasteiger partial charge on any atom is -0.406 e. The summed E-state index contributed by atoms with van der Waals surface area (Å²) < 4.78 is 42.0. The third-order valence-corrected chi connectivity index (χ3v) is 3.45. The molecule has 0 aliphatic carbocycles. The number of rotatable bonds is 6. The molecule has 0 fully saturated rings. The van der Waals surface area contributed by atoms with Crippen LogP contribution in [0.25, 0.3) is 0 Å². The van der Waals surface area contributed by atoms with Gasteiger partial charge in [-0.25, -0.2) is 0 Å². The number of nitrogens with one attached hydrogen (secondary N) is 2. The van der Waals surface area contributed by atoms with Crippen LogP contribution in [-0.2, 0) is 20.0 Å². The summed E-state index contributed by atoms with van der Waals surface area (Å²) in [5.41, 5.74) is 1.91. The van der Waals surface area contributed by atoms with Crippen LogP contribution in [0, 0.1) is 0 Å². The Kier molecular flexibility index (Phi) is 6.26. The van der Waals surface area contributed by atoms with Crippen LogP contribution in [0.5, 0.6) is 5.75 Å². The standard InChI is InChI=1S/C16H20F3N5O/c1-20-15(22-11-13-8-10-23-24(13)2)21-9-7-12-3-5-14(6-4-12)25-16(17,18)19/h3-6,8,10H,7,9,11H2,1-2H3,(H2,20,21,22). The number of aliphatic imine (C=N–C) groups is 1. The first-order valence-electron chi connectivity index (χ1n) is 7.63. The number of hydrogen-bond acceptors (Lipinski definition) is 3. The van der Waals surface area contributed by atoms with Crippen LogP contribution in [0.15, 0.2) is 41.5 Å². The lowest BCUT2D eigenvalue weighted by Crippen LogP contribution is -2.38. The van der Waals surface area contributed by atoms with Crippen LogP contribution in [0.3, 0.4) is 0 Å². The van der Waals surface area contributed by atoms with Crippen molar-refractivity contribution in [2.24, 2.45) is 12.0 Å². The van der Waals surface area contributed by atoms with Crippen molar-refractivity contribution in [3.8, 4) is 5.75 Å². The fraction of sp³-hybridized carbons (Fsp3) is 0.375. The van der Waals surface area contributed by atoms with Crippen molar-refractivity contribution < 1.29 is 17.9 Å². The number of benzene rings is 1. The fourth-order valence-corrected chi connectivity index (χ4v) is 2.15. The SMILES string of the molecule is CN=C(NCCc1ccc(OC(F)(F)F)cc1)NCc1ccnn1C. The molecule has 0 aliphatic heterocycles. The second kappa shape index (κ2) is 8.41. The van der Waals surface area contributed by atoms with Crippen LogP contribution in [0.1, 0.15) is 11.3 Å². The quantitative estimate of drug-likeness (QED) is 0.616. The Balaban J connectivity index is 1.76. The average Bonchev–Trinajstić information content (AvgIpc) is 2.96. The van der Waals surface area contributed by atoms with Crippen molar-refractivity contribution in [1.29, 1.82) is 0 Å². The van der Waals surface area contributed by atoms with Crippen molar-refractivity contribution in [1.82, 2.24) is 20.4 Å². The normalized spacial score (nSPS) is 12.1. The van der Waals surface area contributed by atoms with Gasteiger partial charge in [-0.15, -0.1) is 13.2 Å². The van der Waals surface area contributed by atoms with E-state index in [1.54, 1.807) is 30.1 Å². The molecule has 0 radical (unpaired) electrons. The predicted molar refractivity (Wildman–Crippen MR) is 88.2 cm³/mol. The number of alkyl halides is 3. The Morgan fingerprint density at radius 1 is 1.20 bits per heavy atom. The molecule has 0 spiro atoms. The van der Waals surface area contributed by atoms with E-state index in [0.717, 1.165) is 11.3 Å². The van der Waals surface area contributed by atoms with E-state index >= 15 is 0 Å². The molecule has 1 aromatic heterocycles. The van der Waals surface area contributed by atoms with Gasteiger partial charge in [0.25, 0.3) is 0 Å². The van der Waals surface area contributed by atoms with Crippen LogP contribution in [-0.4, -0.2) is 35.7 Å². The van der Waals surface area contributed by atoms with Crippen molar-refractivity contribution in [2.45, 2.75) is 19.3 Å². The van der Waals surface area contributed by atoms with Crippen LogP contribution < -0.4 is 15.4 Å². The van der Waals surface area contributed by atoms with Gasteiger partial charge in [0.1, 0.15) is 5.75 Å². The van der Waals surface area contributed by atoms with Crippen LogP contribution in [0.4, 0.5) is 13.2 Å². The first-order chi connectivity index (χ1) is 11.9. The minimum absolute atomic E-state index is 0.224. The van der Waals surface area contributed by atoms with Gasteiger partial charge >= 0.3 is 6.36 Å². The van der Waals surface area contributed by atoms with Gasteiger partial charge in [0.2, 0.25) is 0 Å². The lowest BCUT2D eigenvalue weighted by atomic mass is 10.1. The third kappa shape index (κ3) is 6.36. The number of aryl methyl sites for hydroxylation is 1. The molecule has 0 atom stereocenters. The van der Waals surface area contributed by atoms with Gasteiger partial charge in [-0.2, -0.15) is 5.10 Å². The van der Waals surface area contributed by atoms with E-state index in [1.807, 2.05) is 13.1 Å². The Morgan fingerprint density at radius 3 is 2.48 bits per heavy atom. The van der Waals surface area contributed by atoms with E-state index in [-0.39, 0.29) is 5.75 Å². The van der Waals surface area contributed by atoms with Crippen molar-refractivity contribution in [3.05, 3.63) is 47.8 Å². The molecule has 25 heavy (non-hydrogen) atoms. The number of guanidine groups is 1. The Bertz CT molecular complexity index is 695. The van der Waals surface area contributed by atoms with Gasteiger partial charge in [-0.05, 0) is 30.2 Å². The van der Waals surface area contributed by atoms with E-state index < -0.39 is 6.36 Å². The van der Waals surface area contributed by atoms with Gasteiger partial charge in [0, 0.05) is 26.8 Å². The van der Waals surface area contributed by atoms with E-state index in [1.165, 1.54) is 12.1 Å². The first kappa shape index (κ1) is 18.6. The summed E-state index contributed by atoms with van der Waals surface area (Å²) >= 11 is 0. The van der Waals surface area contributed by atoms with Gasteiger partial charge in [0.05, 0.1) is 12.2 Å². The van der Waals surface area contributed by atoms with Crippen molar-refractivity contribution in [3.63, 3.8) is 0 Å². The van der Waals surface area contributed by atoms with E-state index in [2.05, 4.69) is 25.5 Å². The highest BCUT2D eigenvalue weighted by atomic mass is 19.4. The monoisotopic (exact) mass is 355 g/mol. The molecular formula is C16H20F3N5O. The summed E-state index contributed by atoms with van der Waals surface area (Å²) in [6.07, 6.45) is -2.31. The molecule has 0 saturated heterocycles. The molecule has 0 bridgehead atoms. The van der Waals surface area contributed by atoms with E-state index in [4.69, 9.17) is 0 Å². The van der Waals surface area contributed by atoms with Crippen LogP contribution >= 0.6 is 0 Å². The minimum atomic E-state index is -4.67. The molecule has 2 aromatic rings. The lowest BCUT2D eigenvalue weighted by molar-refractivity contribution is -0.274. The molecule has 6 nitrogen and oxygen atoms in total. The molecular weight excluding hydrogens is 335 g/mol. The van der Waals surface area contributed by atoms with E-state index in [0.29, 0.717) is 25.5 Å². The van der Waals surface area contributed by atoms with Gasteiger partial charge in [-0.1, -0.05) is 12.1 Å². The molecule has 0 aliphatic rings. The Morgan fingerprint density at radius 2 is 1.92 bits per heavy atom. The Hall–Kier alpha value is -2.71. The zero-order chi connectivity index (χ0) is 18.3. The maximum atomic E-state index is 12.1. The number of nitrogens with zero attached hydrogens (tertiary/aromatic N) is 3. The first-order valence-corrected chi connectivity index (χ1v) is 7.63. The topological polar surface area (TPSA) is 63.5 Å². The molecule has 0 amide bonds. The van der Waals surface area contributed by atoms with Gasteiger partial charge < -0.3 is 15.4 Å². The zero-order valence-electron chi connectivity index (χ0n) is 14.0. The highest BCUT2D eigenvalue weighted by Gasteiger charge is 2.30. The zero-order valence-corrected chi connectivity index (χ0v) is 14.0. The summed E-state index contributed by atoms with van der Waals surface area (Å²) in [5.74, 6) is 0.413. The smallest absolute Gasteiger partial charge is 0.406 e. The molecule has 0 unspecified atom stereocenters. The number of aromatic nitrogens is 2. The summed E-state index contributed by atoms with van der Waals surface area (Å²) in [6.45, 7) is 1.17. The average molecular weight is 355 g/mol. The molecule has 9 heteroatoms. The highest BCUT2D eigenvalue weighted by Crippen LogP contribution is 2.22. The van der Waals surface area contributed by atoms with E-state index in [9.17, 15) is 13.2 Å². The summed E-state index contributed by atoms with van der Waals surface area (Å²) in [7, 11) is 3.53. The molecule has 1 heterocycles. The molecule has 2 rings (SSSR count). The Labute approximate surface area is 143 Å². The lowest BCUT2D eigenvalue weighted by Gasteiger charge is -2.12. The number of hydrogen-bond donors (Lipinski definition) is 2. The highest BCUT2D eigenvalue weighted by molar-refractivity contribution is 5.79. The van der Waals surface area contributed by atoms with Gasteiger partial charge in [-0.3, -0.25) is 9.67 Å². The summed E-state index contributed by atoms with van der Waals surface area (Å²) in [5, 5.41) is 10.4.